The SMILES string of the molecule is C=CCSc1ccccc1NC(=O)CN(CCC)CC(=O)O. The molecule has 1 rings (SSSR count). The number of carboxylic acids is 1. The van der Waals surface area contributed by atoms with E-state index >= 15 is 0 Å². The number of hydrogen-bond acceptors (Lipinski definition) is 4. The highest BCUT2D eigenvalue weighted by molar-refractivity contribution is 7.99. The Hall–Kier alpha value is -1.79. The minimum absolute atomic E-state index is 0.0700. The average Bonchev–Trinajstić information content (AvgIpc) is 2.46. The maximum Gasteiger partial charge on any atom is 0.317 e. The molecule has 0 saturated carbocycles. The van der Waals surface area contributed by atoms with Crippen LogP contribution in [0.15, 0.2) is 41.8 Å². The van der Waals surface area contributed by atoms with E-state index in [1.807, 2.05) is 31.2 Å². The van der Waals surface area contributed by atoms with E-state index in [2.05, 4.69) is 11.9 Å². The number of amides is 1. The summed E-state index contributed by atoms with van der Waals surface area (Å²) >= 11 is 1.59. The summed E-state index contributed by atoms with van der Waals surface area (Å²) < 4.78 is 0. The zero-order chi connectivity index (χ0) is 16.4. The number of para-hydroxylation sites is 1. The lowest BCUT2D eigenvalue weighted by Gasteiger charge is -2.19. The summed E-state index contributed by atoms with van der Waals surface area (Å²) in [4.78, 5) is 25.5. The highest BCUT2D eigenvalue weighted by Crippen LogP contribution is 2.26. The van der Waals surface area contributed by atoms with Crippen molar-refractivity contribution in [2.75, 3.05) is 30.7 Å². The standard InChI is InChI=1S/C16H22N2O3S/c1-3-9-18(12-16(20)21)11-15(19)17-13-7-5-6-8-14(13)22-10-4-2/h4-8H,2-3,9-12H2,1H3,(H,17,19)(H,20,21). The third-order valence-electron chi connectivity index (χ3n) is 2.78. The van der Waals surface area contributed by atoms with Gasteiger partial charge in [-0.2, -0.15) is 0 Å². The van der Waals surface area contributed by atoms with Crippen LogP contribution in [0.3, 0.4) is 0 Å². The van der Waals surface area contributed by atoms with Gasteiger partial charge in [-0.15, -0.1) is 18.3 Å². The lowest BCUT2D eigenvalue weighted by atomic mass is 10.3. The van der Waals surface area contributed by atoms with E-state index in [1.165, 1.54) is 0 Å². The molecule has 0 aliphatic rings. The zero-order valence-electron chi connectivity index (χ0n) is 12.7. The van der Waals surface area contributed by atoms with Gasteiger partial charge in [-0.1, -0.05) is 25.1 Å². The van der Waals surface area contributed by atoms with Crippen molar-refractivity contribution in [1.29, 1.82) is 0 Å². The summed E-state index contributed by atoms with van der Waals surface area (Å²) in [7, 11) is 0. The Morgan fingerprint density at radius 3 is 2.73 bits per heavy atom. The van der Waals surface area contributed by atoms with Gasteiger partial charge < -0.3 is 10.4 Å². The van der Waals surface area contributed by atoms with Crippen LogP contribution < -0.4 is 5.32 Å². The normalized spacial score (nSPS) is 10.5. The first-order chi connectivity index (χ1) is 10.6. The van der Waals surface area contributed by atoms with Crippen LogP contribution in [0.5, 0.6) is 0 Å². The summed E-state index contributed by atoms with van der Waals surface area (Å²) in [6.45, 7) is 6.15. The van der Waals surface area contributed by atoms with Crippen molar-refractivity contribution in [3.05, 3.63) is 36.9 Å². The third kappa shape index (κ3) is 6.78. The first-order valence-corrected chi connectivity index (χ1v) is 8.12. The first-order valence-electron chi connectivity index (χ1n) is 7.13. The molecule has 0 spiro atoms. The maximum absolute atomic E-state index is 12.1. The molecule has 0 radical (unpaired) electrons. The minimum Gasteiger partial charge on any atom is -0.480 e. The van der Waals surface area contributed by atoms with Gasteiger partial charge in [0.25, 0.3) is 0 Å². The first kappa shape index (κ1) is 18.3. The van der Waals surface area contributed by atoms with E-state index in [-0.39, 0.29) is 19.0 Å². The molecule has 1 amide bonds. The molecule has 0 fully saturated rings. The molecule has 6 heteroatoms. The topological polar surface area (TPSA) is 69.6 Å². The number of aliphatic carboxylic acids is 1. The van der Waals surface area contributed by atoms with Crippen LogP contribution in [0.1, 0.15) is 13.3 Å². The Morgan fingerprint density at radius 2 is 2.09 bits per heavy atom. The van der Waals surface area contributed by atoms with Gasteiger partial charge in [-0.3, -0.25) is 14.5 Å². The number of benzene rings is 1. The summed E-state index contributed by atoms with van der Waals surface area (Å²) in [5.74, 6) is -0.377. The smallest absolute Gasteiger partial charge is 0.317 e. The van der Waals surface area contributed by atoms with E-state index in [4.69, 9.17) is 5.11 Å². The Labute approximate surface area is 135 Å². The lowest BCUT2D eigenvalue weighted by molar-refractivity contribution is -0.138. The van der Waals surface area contributed by atoms with Gasteiger partial charge in [0.2, 0.25) is 5.91 Å². The van der Waals surface area contributed by atoms with Crippen LogP contribution in [0.2, 0.25) is 0 Å². The van der Waals surface area contributed by atoms with Gasteiger partial charge in [-0.25, -0.2) is 0 Å². The molecule has 120 valence electrons. The van der Waals surface area contributed by atoms with Crippen LogP contribution in [0.4, 0.5) is 5.69 Å². The predicted molar refractivity (Wildman–Crippen MR) is 90.4 cm³/mol. The minimum atomic E-state index is -0.928. The second-order valence-electron chi connectivity index (χ2n) is 4.75. The monoisotopic (exact) mass is 322 g/mol. The van der Waals surface area contributed by atoms with Crippen molar-refractivity contribution in [2.24, 2.45) is 0 Å². The molecule has 0 bridgehead atoms. The fourth-order valence-electron chi connectivity index (χ4n) is 1.96. The van der Waals surface area contributed by atoms with Crippen molar-refractivity contribution in [3.8, 4) is 0 Å². The highest BCUT2D eigenvalue weighted by atomic mass is 32.2. The van der Waals surface area contributed by atoms with E-state index in [1.54, 1.807) is 22.7 Å². The molecule has 0 saturated heterocycles. The molecule has 0 atom stereocenters. The molecule has 2 N–H and O–H groups in total. The van der Waals surface area contributed by atoms with E-state index < -0.39 is 5.97 Å². The van der Waals surface area contributed by atoms with Crippen molar-refractivity contribution in [3.63, 3.8) is 0 Å². The van der Waals surface area contributed by atoms with Crippen LogP contribution in [-0.4, -0.2) is 47.3 Å². The Bertz CT molecular complexity index is 520. The van der Waals surface area contributed by atoms with Crippen LogP contribution >= 0.6 is 11.8 Å². The Morgan fingerprint density at radius 1 is 1.36 bits per heavy atom. The average molecular weight is 322 g/mol. The second-order valence-corrected chi connectivity index (χ2v) is 5.81. The lowest BCUT2D eigenvalue weighted by Crippen LogP contribution is -2.37. The fourth-order valence-corrected chi connectivity index (χ4v) is 2.71. The van der Waals surface area contributed by atoms with Crippen LogP contribution in [0, 0.1) is 0 Å². The van der Waals surface area contributed by atoms with Crippen molar-refractivity contribution < 1.29 is 14.7 Å². The van der Waals surface area contributed by atoms with Crippen molar-refractivity contribution in [1.82, 2.24) is 4.90 Å². The number of carboxylic acid groups (broad SMARTS) is 1. The summed E-state index contributed by atoms with van der Waals surface area (Å²) in [6.07, 6.45) is 2.60. The molecule has 22 heavy (non-hydrogen) atoms. The number of anilines is 1. The molecule has 0 unspecified atom stereocenters. The predicted octanol–water partition coefficient (Wildman–Crippen LogP) is 2.70. The molecule has 1 aromatic rings. The number of thioether (sulfide) groups is 1. The number of carbonyl (C=O) groups excluding carboxylic acids is 1. The second kappa shape index (κ2) is 10.0. The number of carbonyl (C=O) groups is 2. The third-order valence-corrected chi connectivity index (χ3v) is 3.85. The largest absolute Gasteiger partial charge is 0.480 e. The molecule has 0 aromatic heterocycles. The van der Waals surface area contributed by atoms with E-state index in [9.17, 15) is 9.59 Å². The van der Waals surface area contributed by atoms with Crippen LogP contribution in [0.25, 0.3) is 0 Å². The molecule has 1 aromatic carbocycles. The molecular formula is C16H22N2O3S. The Balaban J connectivity index is 2.66. The molecular weight excluding hydrogens is 300 g/mol. The van der Waals surface area contributed by atoms with E-state index in [0.29, 0.717) is 6.54 Å². The number of nitrogens with zero attached hydrogens (tertiary/aromatic N) is 1. The highest BCUT2D eigenvalue weighted by Gasteiger charge is 2.14. The van der Waals surface area contributed by atoms with Gasteiger partial charge in [0.1, 0.15) is 0 Å². The Kier molecular flexibility index (Phi) is 8.32. The van der Waals surface area contributed by atoms with Gasteiger partial charge in [0.15, 0.2) is 0 Å². The van der Waals surface area contributed by atoms with E-state index in [0.717, 1.165) is 22.8 Å². The summed E-state index contributed by atoms with van der Waals surface area (Å²) in [5, 5.41) is 11.7. The van der Waals surface area contributed by atoms with Gasteiger partial charge >= 0.3 is 5.97 Å². The number of nitrogens with one attached hydrogen (secondary N) is 1. The van der Waals surface area contributed by atoms with Gasteiger partial charge in [-0.05, 0) is 25.1 Å². The molecule has 0 aliphatic heterocycles. The fraction of sp³-hybridized carbons (Fsp3) is 0.375. The number of rotatable bonds is 10. The van der Waals surface area contributed by atoms with Gasteiger partial charge in [0.05, 0.1) is 18.8 Å². The molecule has 5 nitrogen and oxygen atoms in total. The van der Waals surface area contributed by atoms with Crippen LogP contribution in [-0.2, 0) is 9.59 Å². The summed E-state index contributed by atoms with van der Waals surface area (Å²) in [5.41, 5.74) is 0.742. The van der Waals surface area contributed by atoms with Crippen molar-refractivity contribution >= 4 is 29.3 Å². The zero-order valence-corrected chi connectivity index (χ0v) is 13.6. The number of hydrogen-bond donors (Lipinski definition) is 2. The molecule has 0 heterocycles. The molecule has 0 aliphatic carbocycles. The van der Waals surface area contributed by atoms with Gasteiger partial charge in [0, 0.05) is 10.6 Å². The maximum atomic E-state index is 12.1. The quantitative estimate of drug-likeness (QED) is 0.512. The summed E-state index contributed by atoms with van der Waals surface area (Å²) in [6, 6.07) is 7.54. The van der Waals surface area contributed by atoms with Crippen molar-refractivity contribution in [2.45, 2.75) is 18.2 Å².